The summed E-state index contributed by atoms with van der Waals surface area (Å²) in [7, 11) is 0. The molecule has 0 bridgehead atoms. The van der Waals surface area contributed by atoms with E-state index in [1.807, 2.05) is 18.2 Å². The highest BCUT2D eigenvalue weighted by atomic mass is 79.9. The maximum absolute atomic E-state index is 5.95. The predicted molar refractivity (Wildman–Crippen MR) is 73.8 cm³/mol. The van der Waals surface area contributed by atoms with Crippen molar-refractivity contribution in [3.05, 3.63) is 38.8 Å². The summed E-state index contributed by atoms with van der Waals surface area (Å²) >= 11 is 9.38. The Morgan fingerprint density at radius 3 is 2.94 bits per heavy atom. The molecule has 1 aromatic rings. The first-order chi connectivity index (χ1) is 7.65. The molecule has 1 nitrogen and oxygen atoms in total. The maximum atomic E-state index is 5.95. The van der Waals surface area contributed by atoms with Crippen molar-refractivity contribution in [2.75, 3.05) is 6.54 Å². The van der Waals surface area contributed by atoms with E-state index in [9.17, 15) is 0 Å². The van der Waals surface area contributed by atoms with Crippen LogP contribution in [0.2, 0.25) is 5.02 Å². The van der Waals surface area contributed by atoms with E-state index < -0.39 is 0 Å². The molecule has 1 fully saturated rings. The average Bonchev–Trinajstić information content (AvgIpc) is 3.04. The summed E-state index contributed by atoms with van der Waals surface area (Å²) in [6, 6.07) is 6.76. The molecule has 0 aromatic heterocycles. The molecule has 1 saturated carbocycles. The molecule has 1 aliphatic carbocycles. The topological polar surface area (TPSA) is 12.0 Å². The zero-order valence-electron chi connectivity index (χ0n) is 9.26. The van der Waals surface area contributed by atoms with Crippen molar-refractivity contribution in [3.8, 4) is 0 Å². The van der Waals surface area contributed by atoms with Crippen molar-refractivity contribution < 1.29 is 0 Å². The molecular formula is C13H15BrClN. The highest BCUT2D eigenvalue weighted by molar-refractivity contribution is 9.10. The van der Waals surface area contributed by atoms with Crippen LogP contribution in [0.4, 0.5) is 0 Å². The molecule has 2 rings (SSSR count). The molecule has 3 heteroatoms. The molecule has 86 valence electrons. The number of rotatable bonds is 4. The van der Waals surface area contributed by atoms with Gasteiger partial charge in [0.15, 0.2) is 0 Å². The quantitative estimate of drug-likeness (QED) is 0.876. The smallest absolute Gasteiger partial charge is 0.0548 e. The molecule has 0 heterocycles. The molecule has 0 radical (unpaired) electrons. The Hall–Kier alpha value is -0.310. The molecule has 1 aromatic carbocycles. The summed E-state index contributed by atoms with van der Waals surface area (Å²) in [5, 5.41) is 4.25. The maximum Gasteiger partial charge on any atom is 0.0548 e. The summed E-state index contributed by atoms with van der Waals surface area (Å²) < 4.78 is 0.950. The van der Waals surface area contributed by atoms with Gasteiger partial charge in [-0.3, -0.25) is 0 Å². The molecule has 0 unspecified atom stereocenters. The first kappa shape index (κ1) is 12.2. The number of benzene rings is 1. The highest BCUT2D eigenvalue weighted by Crippen LogP contribution is 2.24. The van der Waals surface area contributed by atoms with Crippen LogP contribution in [-0.2, 0) is 0 Å². The van der Waals surface area contributed by atoms with E-state index in [-0.39, 0.29) is 0 Å². The number of nitrogens with one attached hydrogen (secondary N) is 1. The summed E-state index contributed by atoms with van der Waals surface area (Å²) in [6.07, 6.45) is 4.86. The fraction of sp³-hybridized carbons (Fsp3) is 0.385. The van der Waals surface area contributed by atoms with Crippen LogP contribution in [0.3, 0.4) is 0 Å². The Labute approximate surface area is 110 Å². The van der Waals surface area contributed by atoms with E-state index in [1.54, 1.807) is 0 Å². The monoisotopic (exact) mass is 299 g/mol. The molecule has 0 aliphatic heterocycles. The average molecular weight is 301 g/mol. The van der Waals surface area contributed by atoms with Crippen molar-refractivity contribution in [1.82, 2.24) is 5.32 Å². The van der Waals surface area contributed by atoms with E-state index in [2.05, 4.69) is 34.2 Å². The number of halogens is 2. The SMILES string of the molecule is C/C(=C/c1ccc(Cl)c(Br)c1)CNC1CC1. The van der Waals surface area contributed by atoms with Gasteiger partial charge in [0, 0.05) is 17.1 Å². The zero-order valence-corrected chi connectivity index (χ0v) is 11.6. The normalized spacial score (nSPS) is 16.6. The Balaban J connectivity index is 1.99. The lowest BCUT2D eigenvalue weighted by atomic mass is 10.1. The summed E-state index contributed by atoms with van der Waals surface area (Å²) in [4.78, 5) is 0. The van der Waals surface area contributed by atoms with Gasteiger partial charge in [-0.25, -0.2) is 0 Å². The summed E-state index contributed by atoms with van der Waals surface area (Å²) in [6.45, 7) is 3.13. The Morgan fingerprint density at radius 1 is 1.56 bits per heavy atom. The lowest BCUT2D eigenvalue weighted by Crippen LogP contribution is -2.18. The van der Waals surface area contributed by atoms with E-state index in [1.165, 1.54) is 24.0 Å². The van der Waals surface area contributed by atoms with Crippen LogP contribution in [0.5, 0.6) is 0 Å². The Morgan fingerprint density at radius 2 is 2.31 bits per heavy atom. The van der Waals surface area contributed by atoms with Crippen molar-refractivity contribution in [2.24, 2.45) is 0 Å². The van der Waals surface area contributed by atoms with Crippen molar-refractivity contribution in [3.63, 3.8) is 0 Å². The Bertz CT molecular complexity index is 410. The molecule has 0 amide bonds. The van der Waals surface area contributed by atoms with Gasteiger partial charge >= 0.3 is 0 Å². The second kappa shape index (κ2) is 5.35. The van der Waals surface area contributed by atoms with Gasteiger partial charge in [0.25, 0.3) is 0 Å². The molecule has 16 heavy (non-hydrogen) atoms. The lowest BCUT2D eigenvalue weighted by Gasteiger charge is -2.04. The fourth-order valence-electron chi connectivity index (χ4n) is 1.53. The van der Waals surface area contributed by atoms with Crippen molar-refractivity contribution >= 4 is 33.6 Å². The number of hydrogen-bond acceptors (Lipinski definition) is 1. The van der Waals surface area contributed by atoms with Crippen LogP contribution in [-0.4, -0.2) is 12.6 Å². The second-order valence-electron chi connectivity index (χ2n) is 4.32. The van der Waals surface area contributed by atoms with Crippen LogP contribution in [0.1, 0.15) is 25.3 Å². The highest BCUT2D eigenvalue weighted by Gasteiger charge is 2.19. The summed E-state index contributed by atoms with van der Waals surface area (Å²) in [5.74, 6) is 0. The van der Waals surface area contributed by atoms with Gasteiger partial charge < -0.3 is 5.32 Å². The molecule has 0 atom stereocenters. The van der Waals surface area contributed by atoms with Gasteiger partial charge in [0.05, 0.1) is 5.02 Å². The van der Waals surface area contributed by atoms with Gasteiger partial charge in [0.1, 0.15) is 0 Å². The van der Waals surface area contributed by atoms with Crippen LogP contribution >= 0.6 is 27.5 Å². The third kappa shape index (κ3) is 3.62. The lowest BCUT2D eigenvalue weighted by molar-refractivity contribution is 0.736. The van der Waals surface area contributed by atoms with Gasteiger partial charge in [0.2, 0.25) is 0 Å². The van der Waals surface area contributed by atoms with Crippen molar-refractivity contribution in [1.29, 1.82) is 0 Å². The molecule has 1 aliphatic rings. The van der Waals surface area contributed by atoms with Gasteiger partial charge in [-0.2, -0.15) is 0 Å². The van der Waals surface area contributed by atoms with E-state index in [4.69, 9.17) is 11.6 Å². The van der Waals surface area contributed by atoms with E-state index >= 15 is 0 Å². The predicted octanol–water partition coefficient (Wildman–Crippen LogP) is 4.26. The van der Waals surface area contributed by atoms with Crippen LogP contribution in [0.25, 0.3) is 6.08 Å². The first-order valence-corrected chi connectivity index (χ1v) is 6.68. The fourth-order valence-corrected chi connectivity index (χ4v) is 2.04. The minimum Gasteiger partial charge on any atom is -0.310 e. The van der Waals surface area contributed by atoms with Crippen molar-refractivity contribution in [2.45, 2.75) is 25.8 Å². The molecule has 0 saturated heterocycles. The van der Waals surface area contributed by atoms with Crippen LogP contribution < -0.4 is 5.32 Å². The third-order valence-electron chi connectivity index (χ3n) is 2.60. The second-order valence-corrected chi connectivity index (χ2v) is 5.58. The minimum absolute atomic E-state index is 0.755. The standard InChI is InChI=1S/C13H15BrClN/c1-9(8-16-11-3-4-11)6-10-2-5-13(15)12(14)7-10/h2,5-7,11,16H,3-4,8H2,1H3/b9-6-. The third-order valence-corrected chi connectivity index (χ3v) is 3.82. The van der Waals surface area contributed by atoms with Gasteiger partial charge in [-0.1, -0.05) is 29.3 Å². The molecule has 1 N–H and O–H groups in total. The van der Waals surface area contributed by atoms with Gasteiger partial charge in [-0.05, 0) is 53.4 Å². The number of hydrogen-bond donors (Lipinski definition) is 1. The molecule has 0 spiro atoms. The minimum atomic E-state index is 0.755. The van der Waals surface area contributed by atoms with E-state index in [0.717, 1.165) is 22.1 Å². The summed E-state index contributed by atoms with van der Waals surface area (Å²) in [5.41, 5.74) is 2.53. The molecular weight excluding hydrogens is 286 g/mol. The Kier molecular flexibility index (Phi) is 4.06. The largest absolute Gasteiger partial charge is 0.310 e. The van der Waals surface area contributed by atoms with Crippen LogP contribution in [0, 0.1) is 0 Å². The zero-order chi connectivity index (χ0) is 11.5. The van der Waals surface area contributed by atoms with Crippen LogP contribution in [0.15, 0.2) is 28.2 Å². The van der Waals surface area contributed by atoms with E-state index in [0.29, 0.717) is 0 Å². The first-order valence-electron chi connectivity index (χ1n) is 5.51. The van der Waals surface area contributed by atoms with Gasteiger partial charge in [-0.15, -0.1) is 0 Å².